The quantitative estimate of drug-likeness (QED) is 0.369. The van der Waals surface area contributed by atoms with Gasteiger partial charge in [-0.15, -0.1) is 11.3 Å². The summed E-state index contributed by atoms with van der Waals surface area (Å²) >= 11 is 1.20. The molecule has 0 radical (unpaired) electrons. The number of aromatic nitrogens is 3. The largest absolute Gasteiger partial charge is 0.476 e. The third kappa shape index (κ3) is 4.21. The Kier molecular flexibility index (Phi) is 5.48. The third-order valence-electron chi connectivity index (χ3n) is 5.41. The lowest BCUT2D eigenvalue weighted by Gasteiger charge is -2.10. The number of primary sulfonamides is 1. The number of nitrogens with two attached hydrogens (primary N) is 1. The molecule has 0 atom stereocenters. The minimum Gasteiger partial charge on any atom is -0.476 e. The van der Waals surface area contributed by atoms with Crippen molar-refractivity contribution in [2.24, 2.45) is 5.14 Å². The molecule has 10 heteroatoms. The molecule has 0 bridgehead atoms. The number of rotatable bonds is 6. The fourth-order valence-corrected chi connectivity index (χ4v) is 5.05. The average Bonchev–Trinajstić information content (AvgIpc) is 3.46. The summed E-state index contributed by atoms with van der Waals surface area (Å²) in [7, 11) is -3.77. The third-order valence-corrected chi connectivity index (χ3v) is 7.15. The number of hydrogen-bond donors (Lipinski definition) is 2. The second kappa shape index (κ2) is 8.49. The van der Waals surface area contributed by atoms with Crippen LogP contribution in [0.25, 0.3) is 27.2 Å². The van der Waals surface area contributed by atoms with E-state index < -0.39 is 16.0 Å². The van der Waals surface area contributed by atoms with Crippen LogP contribution in [-0.2, 0) is 16.4 Å². The number of hydrogen-bond acceptors (Lipinski definition) is 6. The van der Waals surface area contributed by atoms with Gasteiger partial charge in [-0.2, -0.15) is 5.10 Å². The molecule has 2 aromatic heterocycles. The number of carboxylic acid groups (broad SMARTS) is 1. The molecule has 0 unspecified atom stereocenters. The maximum atomic E-state index is 11.6. The van der Waals surface area contributed by atoms with Crippen LogP contribution in [0.1, 0.15) is 21.6 Å². The van der Waals surface area contributed by atoms with Crippen molar-refractivity contribution in [3.05, 3.63) is 95.1 Å². The lowest BCUT2D eigenvalue weighted by Crippen LogP contribution is -2.11. The van der Waals surface area contributed by atoms with Gasteiger partial charge in [0.1, 0.15) is 0 Å². The summed E-state index contributed by atoms with van der Waals surface area (Å²) in [6.07, 6.45) is 2.20. The van der Waals surface area contributed by atoms with Gasteiger partial charge in [0.05, 0.1) is 16.8 Å². The van der Waals surface area contributed by atoms with E-state index in [1.807, 2.05) is 36.4 Å². The summed E-state index contributed by atoms with van der Waals surface area (Å²) in [5, 5.41) is 23.1. The maximum absolute atomic E-state index is 11.6. The molecule has 0 saturated heterocycles. The van der Waals surface area contributed by atoms with E-state index in [1.165, 1.54) is 28.8 Å². The van der Waals surface area contributed by atoms with E-state index in [9.17, 15) is 18.3 Å². The minimum absolute atomic E-state index is 0.0416. The predicted molar refractivity (Wildman–Crippen MR) is 130 cm³/mol. The minimum atomic E-state index is -3.77. The van der Waals surface area contributed by atoms with E-state index in [4.69, 9.17) is 5.14 Å². The average molecular weight is 491 g/mol. The number of aromatic carboxylic acids is 1. The van der Waals surface area contributed by atoms with Crippen LogP contribution in [-0.4, -0.2) is 34.3 Å². The Labute approximate surface area is 199 Å². The fraction of sp³-hybridized carbons (Fsp3) is 0.0417. The first-order valence-electron chi connectivity index (χ1n) is 10.2. The van der Waals surface area contributed by atoms with Crippen molar-refractivity contribution < 1.29 is 18.3 Å². The van der Waals surface area contributed by atoms with E-state index in [0.717, 1.165) is 33.2 Å². The highest BCUT2D eigenvalue weighted by molar-refractivity contribution is 7.89. The molecule has 0 amide bonds. The van der Waals surface area contributed by atoms with Crippen molar-refractivity contribution in [1.82, 2.24) is 14.8 Å². The molecule has 2 heterocycles. The van der Waals surface area contributed by atoms with Crippen LogP contribution in [0.2, 0.25) is 0 Å². The Morgan fingerprint density at radius 2 is 1.76 bits per heavy atom. The van der Waals surface area contributed by atoms with Crippen LogP contribution < -0.4 is 5.14 Å². The SMILES string of the molecule is NS(=O)(=O)c1ccc(Cc2cnn(-c3nc(C(=O)O)cs3)c2-c2ccc3ccccc3c2)cc1. The van der Waals surface area contributed by atoms with Gasteiger partial charge < -0.3 is 5.11 Å². The molecule has 5 aromatic rings. The Bertz CT molecular complexity index is 1640. The van der Waals surface area contributed by atoms with Gasteiger partial charge >= 0.3 is 5.97 Å². The summed E-state index contributed by atoms with van der Waals surface area (Å²) in [5.41, 5.74) is 3.40. The summed E-state index contributed by atoms with van der Waals surface area (Å²) in [5.74, 6) is -1.10. The molecule has 0 saturated carbocycles. The number of thiazole rings is 1. The summed E-state index contributed by atoms with van der Waals surface area (Å²) in [6, 6.07) is 20.5. The van der Waals surface area contributed by atoms with Gasteiger partial charge in [-0.3, -0.25) is 0 Å². The van der Waals surface area contributed by atoms with Crippen molar-refractivity contribution >= 4 is 38.1 Å². The van der Waals surface area contributed by atoms with Gasteiger partial charge in [0.15, 0.2) is 5.69 Å². The first kappa shape index (κ1) is 22.0. The molecule has 0 spiro atoms. The molecule has 0 aliphatic heterocycles. The van der Waals surface area contributed by atoms with Crippen LogP contribution in [0.3, 0.4) is 0 Å². The lowest BCUT2D eigenvalue weighted by molar-refractivity contribution is 0.0691. The highest BCUT2D eigenvalue weighted by Crippen LogP contribution is 2.32. The zero-order valence-electron chi connectivity index (χ0n) is 17.6. The van der Waals surface area contributed by atoms with Crippen LogP contribution >= 0.6 is 11.3 Å². The summed E-state index contributed by atoms with van der Waals surface area (Å²) in [6.45, 7) is 0. The molecule has 8 nitrogen and oxygen atoms in total. The molecule has 34 heavy (non-hydrogen) atoms. The highest BCUT2D eigenvalue weighted by atomic mass is 32.2. The number of carboxylic acids is 1. The monoisotopic (exact) mass is 490 g/mol. The number of fused-ring (bicyclic) bond motifs is 1. The van der Waals surface area contributed by atoms with Crippen molar-refractivity contribution in [2.45, 2.75) is 11.3 Å². The summed E-state index contributed by atoms with van der Waals surface area (Å²) in [4.78, 5) is 15.6. The number of nitrogens with zero attached hydrogens (tertiary/aromatic N) is 3. The molecular formula is C24H18N4O4S2. The summed E-state index contributed by atoms with van der Waals surface area (Å²) < 4.78 is 24.8. The lowest BCUT2D eigenvalue weighted by atomic mass is 9.99. The van der Waals surface area contributed by atoms with E-state index in [1.54, 1.807) is 23.0 Å². The van der Waals surface area contributed by atoms with Gasteiger partial charge in [-0.05, 0) is 34.5 Å². The highest BCUT2D eigenvalue weighted by Gasteiger charge is 2.19. The molecule has 5 rings (SSSR count). The Morgan fingerprint density at radius 1 is 1.03 bits per heavy atom. The first-order chi connectivity index (χ1) is 16.3. The van der Waals surface area contributed by atoms with E-state index >= 15 is 0 Å². The second-order valence-electron chi connectivity index (χ2n) is 7.68. The Balaban J connectivity index is 1.62. The predicted octanol–water partition coefficient (Wildman–Crippen LogP) is 4.09. The number of benzene rings is 3. The molecule has 0 aliphatic rings. The smallest absolute Gasteiger partial charge is 0.355 e. The first-order valence-corrected chi connectivity index (χ1v) is 12.6. The van der Waals surface area contributed by atoms with Crippen molar-refractivity contribution in [1.29, 1.82) is 0 Å². The van der Waals surface area contributed by atoms with Crippen LogP contribution in [0.5, 0.6) is 0 Å². The van der Waals surface area contributed by atoms with Crippen LogP contribution in [0.4, 0.5) is 0 Å². The van der Waals surface area contributed by atoms with E-state index in [-0.39, 0.29) is 10.6 Å². The second-order valence-corrected chi connectivity index (χ2v) is 10.1. The van der Waals surface area contributed by atoms with Gasteiger partial charge in [-0.25, -0.2) is 28.0 Å². The molecule has 170 valence electrons. The number of carbonyl (C=O) groups is 1. The van der Waals surface area contributed by atoms with Crippen molar-refractivity contribution in [2.75, 3.05) is 0 Å². The Hall–Kier alpha value is -3.86. The molecule has 3 aromatic carbocycles. The molecular weight excluding hydrogens is 472 g/mol. The van der Waals surface area contributed by atoms with Crippen LogP contribution in [0, 0.1) is 0 Å². The number of sulfonamides is 1. The van der Waals surface area contributed by atoms with E-state index in [0.29, 0.717) is 11.6 Å². The van der Waals surface area contributed by atoms with Gasteiger partial charge in [-0.1, -0.05) is 48.5 Å². The van der Waals surface area contributed by atoms with Crippen molar-refractivity contribution in [3.63, 3.8) is 0 Å². The molecule has 0 aliphatic carbocycles. The normalized spacial score (nSPS) is 11.7. The zero-order valence-corrected chi connectivity index (χ0v) is 19.3. The van der Waals surface area contributed by atoms with Gasteiger partial charge in [0, 0.05) is 22.9 Å². The maximum Gasteiger partial charge on any atom is 0.355 e. The molecule has 0 fully saturated rings. The van der Waals surface area contributed by atoms with Gasteiger partial charge in [0.2, 0.25) is 15.2 Å². The Morgan fingerprint density at radius 3 is 2.44 bits per heavy atom. The molecule has 3 N–H and O–H groups in total. The van der Waals surface area contributed by atoms with E-state index in [2.05, 4.69) is 16.1 Å². The zero-order chi connectivity index (χ0) is 23.9. The standard InChI is InChI=1S/C24H18N4O4S2/c25-34(31,32)20-9-5-15(6-10-20)11-19-13-26-28(24-27-21(14-33-24)23(29)30)22(19)18-8-7-16-3-1-2-4-17(16)12-18/h1-10,12-14H,11H2,(H,29,30)(H2,25,31,32). The van der Waals surface area contributed by atoms with Gasteiger partial charge in [0.25, 0.3) is 0 Å². The van der Waals surface area contributed by atoms with Crippen LogP contribution in [0.15, 0.2) is 83.2 Å². The fourth-order valence-electron chi connectivity index (χ4n) is 3.78. The topological polar surface area (TPSA) is 128 Å². The van der Waals surface area contributed by atoms with Crippen molar-refractivity contribution in [3.8, 4) is 16.4 Å².